The van der Waals surface area contributed by atoms with Crippen molar-refractivity contribution in [3.05, 3.63) is 50.4 Å². The average Bonchev–Trinajstić information content (AvgIpc) is 2.50. The number of imidazole rings is 1. The maximum absolute atomic E-state index is 6.11. The molecule has 0 saturated heterocycles. The second-order valence-corrected chi connectivity index (χ2v) is 5.13. The first kappa shape index (κ1) is 12.0. The SMILES string of the molecule is Cc1nc(Br)cn1Cc1ccc(Cl)cc1Cl. The molecule has 16 heavy (non-hydrogen) atoms. The zero-order valence-electron chi connectivity index (χ0n) is 8.54. The molecular formula is C11H9BrCl2N2. The van der Waals surface area contributed by atoms with E-state index in [1.54, 1.807) is 6.07 Å². The Morgan fingerprint density at radius 1 is 1.38 bits per heavy atom. The molecule has 0 aliphatic carbocycles. The van der Waals surface area contributed by atoms with Crippen molar-refractivity contribution in [1.82, 2.24) is 9.55 Å². The number of halogens is 3. The van der Waals surface area contributed by atoms with E-state index in [0.29, 0.717) is 16.6 Å². The molecule has 0 atom stereocenters. The van der Waals surface area contributed by atoms with Gasteiger partial charge in [-0.15, -0.1) is 0 Å². The highest BCUT2D eigenvalue weighted by atomic mass is 79.9. The Morgan fingerprint density at radius 3 is 2.69 bits per heavy atom. The molecule has 1 aromatic heterocycles. The first-order valence-electron chi connectivity index (χ1n) is 4.69. The van der Waals surface area contributed by atoms with Gasteiger partial charge in [0.1, 0.15) is 10.4 Å². The van der Waals surface area contributed by atoms with E-state index in [9.17, 15) is 0 Å². The maximum Gasteiger partial charge on any atom is 0.124 e. The van der Waals surface area contributed by atoms with Crippen molar-refractivity contribution < 1.29 is 0 Å². The van der Waals surface area contributed by atoms with Gasteiger partial charge in [0.15, 0.2) is 0 Å². The van der Waals surface area contributed by atoms with Crippen molar-refractivity contribution in [2.75, 3.05) is 0 Å². The van der Waals surface area contributed by atoms with Gasteiger partial charge < -0.3 is 4.57 Å². The van der Waals surface area contributed by atoms with Crippen molar-refractivity contribution >= 4 is 39.1 Å². The van der Waals surface area contributed by atoms with Crippen molar-refractivity contribution in [2.24, 2.45) is 0 Å². The third kappa shape index (κ3) is 2.59. The van der Waals surface area contributed by atoms with Crippen LogP contribution < -0.4 is 0 Å². The molecule has 0 amide bonds. The summed E-state index contributed by atoms with van der Waals surface area (Å²) in [6.07, 6.45) is 1.93. The summed E-state index contributed by atoms with van der Waals surface area (Å²) in [5.74, 6) is 0.942. The quantitative estimate of drug-likeness (QED) is 0.806. The minimum absolute atomic E-state index is 0.650. The van der Waals surface area contributed by atoms with Crippen LogP contribution in [0.4, 0.5) is 0 Å². The monoisotopic (exact) mass is 318 g/mol. The topological polar surface area (TPSA) is 17.8 Å². The highest BCUT2D eigenvalue weighted by Gasteiger charge is 2.05. The Morgan fingerprint density at radius 2 is 2.12 bits per heavy atom. The standard InChI is InChI=1S/C11H9BrCl2N2/c1-7-15-11(12)6-16(7)5-8-2-3-9(13)4-10(8)14/h2-4,6H,5H2,1H3. The van der Waals surface area contributed by atoms with Crippen LogP contribution in [0.3, 0.4) is 0 Å². The molecule has 0 bridgehead atoms. The van der Waals surface area contributed by atoms with E-state index < -0.39 is 0 Å². The highest BCUT2D eigenvalue weighted by molar-refractivity contribution is 9.10. The zero-order valence-corrected chi connectivity index (χ0v) is 11.6. The normalized spacial score (nSPS) is 10.8. The van der Waals surface area contributed by atoms with Crippen LogP contribution in [0.25, 0.3) is 0 Å². The van der Waals surface area contributed by atoms with Crippen LogP contribution >= 0.6 is 39.1 Å². The van der Waals surface area contributed by atoms with Gasteiger partial charge in [-0.1, -0.05) is 29.3 Å². The van der Waals surface area contributed by atoms with Gasteiger partial charge in [0.2, 0.25) is 0 Å². The van der Waals surface area contributed by atoms with Crippen molar-refractivity contribution in [1.29, 1.82) is 0 Å². The molecule has 2 nitrogen and oxygen atoms in total. The second kappa shape index (κ2) is 4.78. The Kier molecular flexibility index (Phi) is 3.57. The molecule has 0 N–H and O–H groups in total. The number of hydrogen-bond acceptors (Lipinski definition) is 1. The van der Waals surface area contributed by atoms with E-state index >= 15 is 0 Å². The predicted molar refractivity (Wildman–Crippen MR) is 70.2 cm³/mol. The summed E-state index contributed by atoms with van der Waals surface area (Å²) < 4.78 is 2.86. The Hall–Kier alpha value is -0.510. The summed E-state index contributed by atoms with van der Waals surface area (Å²) in [5.41, 5.74) is 1.03. The Bertz CT molecular complexity index is 523. The molecule has 84 valence electrons. The average molecular weight is 320 g/mol. The van der Waals surface area contributed by atoms with Gasteiger partial charge in [-0.25, -0.2) is 4.98 Å². The zero-order chi connectivity index (χ0) is 11.7. The molecule has 2 rings (SSSR count). The second-order valence-electron chi connectivity index (χ2n) is 3.47. The van der Waals surface area contributed by atoms with Crippen LogP contribution in [0.2, 0.25) is 10.0 Å². The number of hydrogen-bond donors (Lipinski definition) is 0. The van der Waals surface area contributed by atoms with E-state index in [1.165, 1.54) is 0 Å². The summed E-state index contributed by atoms with van der Waals surface area (Å²) in [5, 5.41) is 1.33. The smallest absolute Gasteiger partial charge is 0.124 e. The lowest BCUT2D eigenvalue weighted by Gasteiger charge is -2.07. The van der Waals surface area contributed by atoms with Crippen LogP contribution in [0.5, 0.6) is 0 Å². The van der Waals surface area contributed by atoms with Crippen LogP contribution in [-0.4, -0.2) is 9.55 Å². The first-order chi connectivity index (χ1) is 7.56. The molecule has 0 spiro atoms. The minimum Gasteiger partial charge on any atom is -0.329 e. The van der Waals surface area contributed by atoms with Crippen molar-refractivity contribution in [2.45, 2.75) is 13.5 Å². The number of aromatic nitrogens is 2. The third-order valence-electron chi connectivity index (χ3n) is 2.30. The summed E-state index contributed by atoms with van der Waals surface area (Å²) in [6.45, 7) is 2.65. The van der Waals surface area contributed by atoms with E-state index in [1.807, 2.05) is 29.8 Å². The Balaban J connectivity index is 2.30. The summed E-state index contributed by atoms with van der Waals surface area (Å²) in [4.78, 5) is 4.26. The maximum atomic E-state index is 6.11. The summed E-state index contributed by atoms with van der Waals surface area (Å²) in [7, 11) is 0. The van der Waals surface area contributed by atoms with Gasteiger partial charge in [0.25, 0.3) is 0 Å². The molecule has 0 aliphatic heterocycles. The number of rotatable bonds is 2. The van der Waals surface area contributed by atoms with Crippen LogP contribution in [0, 0.1) is 6.92 Å². The molecule has 0 fully saturated rings. The fraction of sp³-hybridized carbons (Fsp3) is 0.182. The van der Waals surface area contributed by atoms with E-state index in [-0.39, 0.29) is 0 Å². The van der Waals surface area contributed by atoms with Gasteiger partial charge in [-0.05, 0) is 40.5 Å². The third-order valence-corrected chi connectivity index (χ3v) is 3.27. The highest BCUT2D eigenvalue weighted by Crippen LogP contribution is 2.22. The molecular weight excluding hydrogens is 311 g/mol. The summed E-state index contributed by atoms with van der Waals surface area (Å²) in [6, 6.07) is 5.52. The van der Waals surface area contributed by atoms with Gasteiger partial charge >= 0.3 is 0 Å². The minimum atomic E-state index is 0.650. The van der Waals surface area contributed by atoms with E-state index in [4.69, 9.17) is 23.2 Å². The lowest BCUT2D eigenvalue weighted by atomic mass is 10.2. The largest absolute Gasteiger partial charge is 0.329 e. The molecule has 0 saturated carbocycles. The fourth-order valence-electron chi connectivity index (χ4n) is 1.46. The van der Waals surface area contributed by atoms with Crippen LogP contribution in [0.15, 0.2) is 29.0 Å². The number of nitrogens with zero attached hydrogens (tertiary/aromatic N) is 2. The predicted octanol–water partition coefficient (Wildman–Crippen LogP) is 4.31. The van der Waals surface area contributed by atoms with E-state index in [2.05, 4.69) is 20.9 Å². The van der Waals surface area contributed by atoms with Crippen molar-refractivity contribution in [3.63, 3.8) is 0 Å². The van der Waals surface area contributed by atoms with Crippen molar-refractivity contribution in [3.8, 4) is 0 Å². The van der Waals surface area contributed by atoms with Gasteiger partial charge in [0.05, 0.1) is 6.54 Å². The van der Waals surface area contributed by atoms with E-state index in [0.717, 1.165) is 16.0 Å². The van der Waals surface area contributed by atoms with Gasteiger partial charge in [-0.3, -0.25) is 0 Å². The molecule has 5 heteroatoms. The first-order valence-corrected chi connectivity index (χ1v) is 6.24. The molecule has 0 aliphatic rings. The summed E-state index contributed by atoms with van der Waals surface area (Å²) >= 11 is 15.3. The molecule has 1 heterocycles. The lowest BCUT2D eigenvalue weighted by molar-refractivity contribution is 0.762. The Labute approximate surface area is 112 Å². The van der Waals surface area contributed by atoms with Crippen LogP contribution in [0.1, 0.15) is 11.4 Å². The molecule has 0 radical (unpaired) electrons. The fourth-order valence-corrected chi connectivity index (χ4v) is 2.44. The molecule has 0 unspecified atom stereocenters. The molecule has 2 aromatic rings. The van der Waals surface area contributed by atoms with Gasteiger partial charge in [0, 0.05) is 16.2 Å². The lowest BCUT2D eigenvalue weighted by Crippen LogP contribution is -2.01. The van der Waals surface area contributed by atoms with Crippen LogP contribution in [-0.2, 0) is 6.54 Å². The number of aryl methyl sites for hydroxylation is 1. The molecule has 1 aromatic carbocycles. The number of benzene rings is 1. The van der Waals surface area contributed by atoms with Gasteiger partial charge in [-0.2, -0.15) is 0 Å².